The second-order valence-electron chi connectivity index (χ2n) is 9.49. The summed E-state index contributed by atoms with van der Waals surface area (Å²) in [6.07, 6.45) is 5.85. The molecule has 1 aliphatic rings. The maximum atomic E-state index is 13.4. The molecular weight excluding hydrogens is 422 g/mol. The highest BCUT2D eigenvalue weighted by atomic mass is 16.6. The van der Waals surface area contributed by atoms with Crippen LogP contribution in [0.25, 0.3) is 0 Å². The minimum atomic E-state index is -0.993. The summed E-state index contributed by atoms with van der Waals surface area (Å²) in [5, 5.41) is 15.6. The summed E-state index contributed by atoms with van der Waals surface area (Å²) in [5.41, 5.74) is -0.236. The second-order valence-corrected chi connectivity index (χ2v) is 9.49. The average Bonchev–Trinajstić information content (AvgIpc) is 2.72. The van der Waals surface area contributed by atoms with Crippen molar-refractivity contribution in [3.63, 3.8) is 0 Å². The first-order chi connectivity index (χ1) is 15.5. The molecule has 3 N–H and O–H groups in total. The van der Waals surface area contributed by atoms with E-state index in [4.69, 9.17) is 4.74 Å². The van der Waals surface area contributed by atoms with Crippen molar-refractivity contribution in [1.82, 2.24) is 15.5 Å². The highest BCUT2D eigenvalue weighted by Gasteiger charge is 2.35. The Morgan fingerprint density at radius 2 is 1.91 bits per heavy atom. The standard InChI is InChI=1S/C25H37N3O5/c1-6-15-28(23(31)17(2)26-24(32)33-25(3,4)5)21(18-11-10-14-20(29)16-18)22(30)27-19-12-8-7-9-13-19/h6,10-11,14,16-17,19,21,29H,1,7-9,12-13,15H2,2-5H3,(H,26,32)(H,27,30). The van der Waals surface area contributed by atoms with E-state index in [0.717, 1.165) is 32.1 Å². The van der Waals surface area contributed by atoms with Gasteiger partial charge in [0, 0.05) is 12.6 Å². The molecule has 1 aromatic carbocycles. The summed E-state index contributed by atoms with van der Waals surface area (Å²) in [5.74, 6) is -0.797. The molecule has 2 unspecified atom stereocenters. The van der Waals surface area contributed by atoms with E-state index < -0.39 is 29.7 Å². The molecule has 0 bridgehead atoms. The molecule has 0 aromatic heterocycles. The van der Waals surface area contributed by atoms with Gasteiger partial charge in [-0.15, -0.1) is 6.58 Å². The average molecular weight is 460 g/mol. The quantitative estimate of drug-likeness (QED) is 0.513. The van der Waals surface area contributed by atoms with Crippen LogP contribution in [0.2, 0.25) is 0 Å². The number of nitrogens with one attached hydrogen (secondary N) is 2. The van der Waals surface area contributed by atoms with Gasteiger partial charge in [0.05, 0.1) is 0 Å². The van der Waals surface area contributed by atoms with Crippen molar-refractivity contribution in [2.75, 3.05) is 6.54 Å². The molecule has 0 radical (unpaired) electrons. The van der Waals surface area contributed by atoms with Crippen LogP contribution in [-0.4, -0.2) is 52.1 Å². The predicted molar refractivity (Wildman–Crippen MR) is 127 cm³/mol. The van der Waals surface area contributed by atoms with Gasteiger partial charge >= 0.3 is 6.09 Å². The Bertz CT molecular complexity index is 843. The van der Waals surface area contributed by atoms with E-state index in [-0.39, 0.29) is 24.2 Å². The lowest BCUT2D eigenvalue weighted by Gasteiger charge is -2.34. The van der Waals surface area contributed by atoms with Crippen LogP contribution in [0, 0.1) is 0 Å². The van der Waals surface area contributed by atoms with Crippen molar-refractivity contribution in [2.45, 2.75) is 83.5 Å². The topological polar surface area (TPSA) is 108 Å². The van der Waals surface area contributed by atoms with Gasteiger partial charge in [0.2, 0.25) is 11.8 Å². The number of hydrogen-bond acceptors (Lipinski definition) is 5. The van der Waals surface area contributed by atoms with Crippen molar-refractivity contribution in [1.29, 1.82) is 0 Å². The van der Waals surface area contributed by atoms with Crippen molar-refractivity contribution in [3.05, 3.63) is 42.5 Å². The fourth-order valence-corrected chi connectivity index (χ4v) is 3.95. The Balaban J connectivity index is 2.30. The number of phenolic OH excluding ortho intramolecular Hbond substituents is 1. The number of ether oxygens (including phenoxy) is 1. The molecule has 8 heteroatoms. The molecule has 0 spiro atoms. The van der Waals surface area contributed by atoms with Crippen LogP contribution in [0.4, 0.5) is 4.79 Å². The SMILES string of the molecule is C=CCN(C(=O)C(C)NC(=O)OC(C)(C)C)C(C(=O)NC1CCCCC1)c1cccc(O)c1. The summed E-state index contributed by atoms with van der Waals surface area (Å²) in [6, 6.07) is 4.41. The fraction of sp³-hybridized carbons (Fsp3) is 0.560. The first kappa shape index (κ1) is 26.2. The maximum absolute atomic E-state index is 13.4. The lowest BCUT2D eigenvalue weighted by Crippen LogP contribution is -2.53. The summed E-state index contributed by atoms with van der Waals surface area (Å²) >= 11 is 0. The van der Waals surface area contributed by atoms with Crippen LogP contribution >= 0.6 is 0 Å². The van der Waals surface area contributed by atoms with E-state index in [0.29, 0.717) is 5.56 Å². The Labute approximate surface area is 196 Å². The van der Waals surface area contributed by atoms with Gasteiger partial charge in [-0.1, -0.05) is 37.5 Å². The number of nitrogens with zero attached hydrogens (tertiary/aromatic N) is 1. The van der Waals surface area contributed by atoms with Gasteiger partial charge in [-0.25, -0.2) is 4.79 Å². The molecule has 1 aliphatic carbocycles. The third-order valence-electron chi connectivity index (χ3n) is 5.41. The zero-order valence-electron chi connectivity index (χ0n) is 20.1. The lowest BCUT2D eigenvalue weighted by atomic mass is 9.94. The molecule has 1 fully saturated rings. The molecule has 1 saturated carbocycles. The van der Waals surface area contributed by atoms with Crippen molar-refractivity contribution >= 4 is 17.9 Å². The summed E-state index contributed by atoms with van der Waals surface area (Å²) < 4.78 is 5.25. The maximum Gasteiger partial charge on any atom is 0.408 e. The summed E-state index contributed by atoms with van der Waals surface area (Å²) in [4.78, 5) is 40.4. The minimum absolute atomic E-state index is 0.00565. The fourth-order valence-electron chi connectivity index (χ4n) is 3.95. The number of hydrogen-bond donors (Lipinski definition) is 3. The number of carbonyl (C=O) groups is 3. The van der Waals surface area contributed by atoms with E-state index in [2.05, 4.69) is 17.2 Å². The van der Waals surface area contributed by atoms with Crippen LogP contribution in [0.3, 0.4) is 0 Å². The van der Waals surface area contributed by atoms with Gasteiger partial charge in [0.15, 0.2) is 0 Å². The third kappa shape index (κ3) is 8.11. The van der Waals surface area contributed by atoms with Crippen molar-refractivity contribution in [2.24, 2.45) is 0 Å². The van der Waals surface area contributed by atoms with Crippen molar-refractivity contribution < 1.29 is 24.2 Å². The largest absolute Gasteiger partial charge is 0.508 e. The molecule has 1 aromatic rings. The van der Waals surface area contributed by atoms with E-state index in [1.807, 2.05) is 0 Å². The molecule has 33 heavy (non-hydrogen) atoms. The van der Waals surface area contributed by atoms with Crippen LogP contribution in [0.1, 0.15) is 71.4 Å². The molecular formula is C25H37N3O5. The number of amides is 3. The molecule has 2 atom stereocenters. The monoisotopic (exact) mass is 459 g/mol. The van der Waals surface area contributed by atoms with E-state index >= 15 is 0 Å². The molecule has 0 aliphatic heterocycles. The van der Waals surface area contributed by atoms with Gasteiger partial charge in [-0.05, 0) is 58.2 Å². The van der Waals surface area contributed by atoms with Crippen LogP contribution in [0.15, 0.2) is 36.9 Å². The number of rotatable bonds is 8. The third-order valence-corrected chi connectivity index (χ3v) is 5.41. The van der Waals surface area contributed by atoms with Crippen LogP contribution < -0.4 is 10.6 Å². The van der Waals surface area contributed by atoms with Gasteiger partial charge in [-0.2, -0.15) is 0 Å². The van der Waals surface area contributed by atoms with Gasteiger partial charge < -0.3 is 25.4 Å². The highest BCUT2D eigenvalue weighted by molar-refractivity contribution is 5.92. The number of phenols is 1. The zero-order valence-corrected chi connectivity index (χ0v) is 20.1. The smallest absolute Gasteiger partial charge is 0.408 e. The first-order valence-electron chi connectivity index (χ1n) is 11.5. The Hall–Kier alpha value is -3.03. The van der Waals surface area contributed by atoms with Crippen LogP contribution in [-0.2, 0) is 14.3 Å². The molecule has 2 rings (SSSR count). The Kier molecular flexibility index (Phi) is 9.32. The lowest BCUT2D eigenvalue weighted by molar-refractivity contribution is -0.141. The highest BCUT2D eigenvalue weighted by Crippen LogP contribution is 2.27. The van der Waals surface area contributed by atoms with E-state index in [1.165, 1.54) is 23.1 Å². The van der Waals surface area contributed by atoms with Crippen molar-refractivity contribution in [3.8, 4) is 5.75 Å². The molecule has 3 amide bonds. The van der Waals surface area contributed by atoms with E-state index in [9.17, 15) is 19.5 Å². The number of aromatic hydroxyl groups is 1. The van der Waals surface area contributed by atoms with Crippen LogP contribution in [0.5, 0.6) is 5.75 Å². The van der Waals surface area contributed by atoms with Gasteiger partial charge in [-0.3, -0.25) is 9.59 Å². The second kappa shape index (κ2) is 11.7. The Morgan fingerprint density at radius 1 is 1.24 bits per heavy atom. The molecule has 8 nitrogen and oxygen atoms in total. The zero-order chi connectivity index (χ0) is 24.6. The summed E-state index contributed by atoms with van der Waals surface area (Å²) in [7, 11) is 0. The number of carbonyl (C=O) groups excluding carboxylic acids is 3. The minimum Gasteiger partial charge on any atom is -0.508 e. The van der Waals surface area contributed by atoms with E-state index in [1.54, 1.807) is 39.8 Å². The number of alkyl carbamates (subject to hydrolysis) is 1. The first-order valence-corrected chi connectivity index (χ1v) is 11.5. The molecule has 182 valence electrons. The normalized spacial score (nSPS) is 16.2. The summed E-state index contributed by atoms with van der Waals surface area (Å²) in [6.45, 7) is 10.6. The Morgan fingerprint density at radius 3 is 2.48 bits per heavy atom. The number of benzene rings is 1. The van der Waals surface area contributed by atoms with Gasteiger partial charge in [0.25, 0.3) is 0 Å². The van der Waals surface area contributed by atoms with Gasteiger partial charge in [0.1, 0.15) is 23.4 Å². The predicted octanol–water partition coefficient (Wildman–Crippen LogP) is 3.81. The molecule has 0 heterocycles. The molecule has 0 saturated heterocycles.